The van der Waals surface area contributed by atoms with E-state index in [1.807, 2.05) is 0 Å². The normalized spacial score (nSPS) is 12.1. The number of benzene rings is 2. The highest BCUT2D eigenvalue weighted by atomic mass is 35.5. The highest BCUT2D eigenvalue weighted by Crippen LogP contribution is 2.37. The van der Waals surface area contributed by atoms with Crippen LogP contribution < -0.4 is 4.90 Å². The average molecular weight is 446 g/mol. The number of hydrogen-bond acceptors (Lipinski definition) is 3. The summed E-state index contributed by atoms with van der Waals surface area (Å²) in [5.74, 6) is 0.280. The minimum Gasteiger partial charge on any atom is -0.329 e. The van der Waals surface area contributed by atoms with Crippen molar-refractivity contribution in [1.82, 2.24) is 9.97 Å². The van der Waals surface area contributed by atoms with Gasteiger partial charge in [-0.3, -0.25) is 0 Å². The van der Waals surface area contributed by atoms with Gasteiger partial charge in [0.05, 0.1) is 21.8 Å². The van der Waals surface area contributed by atoms with Crippen LogP contribution >= 0.6 is 11.6 Å². The summed E-state index contributed by atoms with van der Waals surface area (Å²) in [7, 11) is 1.51. The zero-order chi connectivity index (χ0) is 22.1. The fourth-order valence-corrected chi connectivity index (χ4v) is 3.03. The molecule has 2 aromatic carbocycles. The predicted octanol–water partition coefficient (Wildman–Crippen LogP) is 6.53. The van der Waals surface area contributed by atoms with Crippen molar-refractivity contribution >= 4 is 23.1 Å². The quantitative estimate of drug-likeness (QED) is 0.428. The van der Waals surface area contributed by atoms with Gasteiger partial charge >= 0.3 is 12.4 Å². The summed E-state index contributed by atoms with van der Waals surface area (Å²) in [6.45, 7) is 0. The predicted molar refractivity (Wildman–Crippen MR) is 101 cm³/mol. The lowest BCUT2D eigenvalue weighted by molar-refractivity contribution is -0.138. The zero-order valence-electron chi connectivity index (χ0n) is 15.4. The zero-order valence-corrected chi connectivity index (χ0v) is 16.1. The van der Waals surface area contributed by atoms with Gasteiger partial charge in [0.2, 0.25) is 0 Å². The molecule has 0 fully saturated rings. The van der Waals surface area contributed by atoms with Crippen LogP contribution in [-0.2, 0) is 18.8 Å². The van der Waals surface area contributed by atoms with E-state index in [-0.39, 0.29) is 17.9 Å². The Morgan fingerprint density at radius 2 is 1.63 bits per heavy atom. The number of rotatable bonds is 4. The highest BCUT2D eigenvalue weighted by Gasteiger charge is 2.34. The van der Waals surface area contributed by atoms with E-state index in [9.17, 15) is 26.3 Å². The molecule has 0 bridgehead atoms. The van der Waals surface area contributed by atoms with E-state index in [1.165, 1.54) is 42.5 Å². The molecule has 0 N–H and O–H groups in total. The first-order valence-electron chi connectivity index (χ1n) is 8.52. The van der Waals surface area contributed by atoms with Crippen molar-refractivity contribution in [1.29, 1.82) is 0 Å². The van der Waals surface area contributed by atoms with E-state index in [4.69, 9.17) is 11.6 Å². The molecule has 0 radical (unpaired) electrons. The van der Waals surface area contributed by atoms with Crippen molar-refractivity contribution in [2.75, 3.05) is 11.9 Å². The Balaban J connectivity index is 1.87. The lowest BCUT2D eigenvalue weighted by Crippen LogP contribution is -2.14. The maximum atomic E-state index is 13.1. The average Bonchev–Trinajstić information content (AvgIpc) is 2.67. The molecular weight excluding hydrogens is 432 g/mol. The Morgan fingerprint density at radius 1 is 0.900 bits per heavy atom. The Bertz CT molecular complexity index is 1050. The van der Waals surface area contributed by atoms with Crippen LogP contribution in [0.15, 0.2) is 54.9 Å². The molecule has 0 amide bonds. The van der Waals surface area contributed by atoms with E-state index in [2.05, 4.69) is 9.97 Å². The summed E-state index contributed by atoms with van der Waals surface area (Å²) in [6, 6.07) is 9.79. The van der Waals surface area contributed by atoms with Crippen LogP contribution in [0.4, 0.5) is 37.8 Å². The largest absolute Gasteiger partial charge is 0.417 e. The molecule has 0 aliphatic heterocycles. The first-order chi connectivity index (χ1) is 13.9. The number of aromatic nitrogens is 2. The van der Waals surface area contributed by atoms with Gasteiger partial charge in [-0.15, -0.1) is 0 Å². The van der Waals surface area contributed by atoms with Crippen LogP contribution in [0.3, 0.4) is 0 Å². The molecule has 0 atom stereocenters. The number of halogens is 7. The van der Waals surface area contributed by atoms with E-state index in [1.54, 1.807) is 0 Å². The topological polar surface area (TPSA) is 29.0 Å². The molecular formula is C20H14ClF6N3. The van der Waals surface area contributed by atoms with Gasteiger partial charge in [-0.25, -0.2) is 9.97 Å². The molecule has 0 saturated heterocycles. The second-order valence-corrected chi connectivity index (χ2v) is 6.87. The van der Waals surface area contributed by atoms with Crippen LogP contribution in [0.5, 0.6) is 0 Å². The molecule has 0 aliphatic rings. The molecule has 0 saturated carbocycles. The summed E-state index contributed by atoms with van der Waals surface area (Å²) < 4.78 is 78.0. The van der Waals surface area contributed by atoms with E-state index in [0.29, 0.717) is 11.3 Å². The smallest absolute Gasteiger partial charge is 0.329 e. The van der Waals surface area contributed by atoms with Crippen molar-refractivity contribution in [2.24, 2.45) is 0 Å². The highest BCUT2D eigenvalue weighted by molar-refractivity contribution is 6.31. The van der Waals surface area contributed by atoms with E-state index < -0.39 is 28.5 Å². The first-order valence-corrected chi connectivity index (χ1v) is 8.90. The molecule has 1 aromatic heterocycles. The SMILES string of the molecule is CN(c1ccc(Cl)c(C(F)(F)F)c1)c1cc(Cc2cccc(C(F)(F)F)c2)ncn1. The minimum absolute atomic E-state index is 0.0989. The van der Waals surface area contributed by atoms with Crippen molar-refractivity contribution in [3.05, 3.63) is 82.3 Å². The molecule has 0 spiro atoms. The number of alkyl halides is 6. The molecule has 3 aromatic rings. The summed E-state index contributed by atoms with van der Waals surface area (Å²) in [6.07, 6.45) is -7.77. The summed E-state index contributed by atoms with van der Waals surface area (Å²) in [4.78, 5) is 9.51. The monoisotopic (exact) mass is 445 g/mol. The van der Waals surface area contributed by atoms with Crippen molar-refractivity contribution in [3.63, 3.8) is 0 Å². The fourth-order valence-electron chi connectivity index (χ4n) is 2.80. The minimum atomic E-state index is -4.62. The Hall–Kier alpha value is -2.81. The first kappa shape index (κ1) is 21.9. The summed E-state index contributed by atoms with van der Waals surface area (Å²) in [5, 5.41) is -0.424. The number of nitrogens with zero attached hydrogens (tertiary/aromatic N) is 3. The Morgan fingerprint density at radius 3 is 2.30 bits per heavy atom. The van der Waals surface area contributed by atoms with Crippen LogP contribution in [0.2, 0.25) is 5.02 Å². The van der Waals surface area contributed by atoms with Gasteiger partial charge < -0.3 is 4.90 Å². The lowest BCUT2D eigenvalue weighted by atomic mass is 10.1. The number of hydrogen-bond donors (Lipinski definition) is 0. The third kappa shape index (κ3) is 5.02. The summed E-state index contributed by atoms with van der Waals surface area (Å²) in [5.41, 5.74) is -0.756. The standard InChI is InChI=1S/C20H14ClF6N3/c1-30(15-5-6-17(21)16(10-15)20(25,26)27)18-9-14(28-11-29-18)8-12-3-2-4-13(7-12)19(22,23)24/h2-7,9-11H,8H2,1H3. The molecule has 3 nitrogen and oxygen atoms in total. The van der Waals surface area contributed by atoms with Crippen LogP contribution in [0.25, 0.3) is 0 Å². The van der Waals surface area contributed by atoms with Gasteiger partial charge in [0, 0.05) is 25.2 Å². The van der Waals surface area contributed by atoms with Crippen molar-refractivity contribution in [3.8, 4) is 0 Å². The third-order valence-electron chi connectivity index (χ3n) is 4.34. The Labute approximate surface area is 173 Å². The maximum absolute atomic E-state index is 13.1. The van der Waals surface area contributed by atoms with E-state index >= 15 is 0 Å². The second-order valence-electron chi connectivity index (χ2n) is 6.46. The van der Waals surface area contributed by atoms with Gasteiger partial charge in [-0.05, 0) is 29.8 Å². The van der Waals surface area contributed by atoms with Gasteiger partial charge in [-0.2, -0.15) is 26.3 Å². The summed E-state index contributed by atoms with van der Waals surface area (Å²) >= 11 is 5.65. The third-order valence-corrected chi connectivity index (χ3v) is 4.66. The second kappa shape index (κ2) is 8.14. The van der Waals surface area contributed by atoms with Gasteiger partial charge in [0.15, 0.2) is 0 Å². The molecule has 1 heterocycles. The Kier molecular flexibility index (Phi) is 5.94. The van der Waals surface area contributed by atoms with Gasteiger partial charge in [0.25, 0.3) is 0 Å². The van der Waals surface area contributed by atoms with Gasteiger partial charge in [0.1, 0.15) is 12.1 Å². The van der Waals surface area contributed by atoms with E-state index in [0.717, 1.165) is 24.3 Å². The molecule has 0 aliphatic carbocycles. The molecule has 10 heteroatoms. The number of anilines is 2. The molecule has 0 unspecified atom stereocenters. The lowest BCUT2D eigenvalue weighted by Gasteiger charge is -2.20. The van der Waals surface area contributed by atoms with Crippen LogP contribution in [0, 0.1) is 0 Å². The van der Waals surface area contributed by atoms with Crippen molar-refractivity contribution < 1.29 is 26.3 Å². The fraction of sp³-hybridized carbons (Fsp3) is 0.200. The van der Waals surface area contributed by atoms with Crippen LogP contribution in [-0.4, -0.2) is 17.0 Å². The van der Waals surface area contributed by atoms with Gasteiger partial charge in [-0.1, -0.05) is 29.8 Å². The maximum Gasteiger partial charge on any atom is 0.417 e. The molecule has 3 rings (SSSR count). The van der Waals surface area contributed by atoms with Crippen LogP contribution in [0.1, 0.15) is 22.4 Å². The molecule has 158 valence electrons. The van der Waals surface area contributed by atoms with Crippen molar-refractivity contribution in [2.45, 2.75) is 18.8 Å². The molecule has 30 heavy (non-hydrogen) atoms.